The number of hydrogen-bond acceptors (Lipinski definition) is 4. The first-order chi connectivity index (χ1) is 15.9. The smallest absolute Gasteiger partial charge is 0.260 e. The fraction of sp³-hybridized carbons (Fsp3) is 0.593. The molecule has 1 saturated heterocycles. The number of para-hydroxylation sites is 1. The van der Waals surface area contributed by atoms with E-state index < -0.39 is 0 Å². The molecule has 2 atom stereocenters. The van der Waals surface area contributed by atoms with Crippen molar-refractivity contribution in [1.82, 2.24) is 14.0 Å². The van der Waals surface area contributed by atoms with Gasteiger partial charge in [-0.2, -0.15) is 0 Å². The largest absolute Gasteiger partial charge is 0.495 e. The van der Waals surface area contributed by atoms with Gasteiger partial charge >= 0.3 is 0 Å². The minimum absolute atomic E-state index is 0.130. The Bertz CT molecular complexity index is 1200. The fourth-order valence-corrected chi connectivity index (χ4v) is 6.40. The Labute approximate surface area is 196 Å². The second-order valence-electron chi connectivity index (χ2n) is 10.8. The van der Waals surface area contributed by atoms with Crippen molar-refractivity contribution in [3.63, 3.8) is 0 Å². The van der Waals surface area contributed by atoms with Crippen LogP contribution in [0.25, 0.3) is 21.8 Å². The molecule has 1 aromatic carbocycles. The van der Waals surface area contributed by atoms with E-state index in [4.69, 9.17) is 9.47 Å². The summed E-state index contributed by atoms with van der Waals surface area (Å²) in [4.78, 5) is 16.4. The summed E-state index contributed by atoms with van der Waals surface area (Å²) < 4.78 is 15.6. The molecule has 2 unspecified atom stereocenters. The van der Waals surface area contributed by atoms with Gasteiger partial charge in [0.15, 0.2) is 0 Å². The lowest BCUT2D eigenvalue weighted by molar-refractivity contribution is 0.0366. The van der Waals surface area contributed by atoms with E-state index in [2.05, 4.69) is 42.4 Å². The maximum Gasteiger partial charge on any atom is 0.260 e. The molecule has 1 aliphatic heterocycles. The summed E-state index contributed by atoms with van der Waals surface area (Å²) in [6.07, 6.45) is 5.37. The number of rotatable bonds is 5. The third-order valence-corrected chi connectivity index (χ3v) is 7.65. The Kier molecular flexibility index (Phi) is 6.00. The fourth-order valence-electron chi connectivity index (χ4n) is 6.40. The van der Waals surface area contributed by atoms with Crippen LogP contribution in [0.1, 0.15) is 46.1 Å². The van der Waals surface area contributed by atoms with Crippen LogP contribution in [0.4, 0.5) is 0 Å². The highest BCUT2D eigenvalue weighted by atomic mass is 16.5. The van der Waals surface area contributed by atoms with Crippen molar-refractivity contribution in [3.05, 3.63) is 40.8 Å². The summed E-state index contributed by atoms with van der Waals surface area (Å²) in [7, 11) is 1.71. The lowest BCUT2D eigenvalue weighted by atomic mass is 9.70. The standard InChI is InChI=1S/C27H37N3O3/c1-19-16-20(18-27(2,3)17-19)29-9-8-22-24(26(29)31)21-6-5-7-23(32-4)25(21)30(22)11-10-28-12-14-33-15-13-28/h5-9,19-20H,10-18H2,1-4H3. The third kappa shape index (κ3) is 4.19. The van der Waals surface area contributed by atoms with Gasteiger partial charge in [0.1, 0.15) is 5.75 Å². The summed E-state index contributed by atoms with van der Waals surface area (Å²) in [5.41, 5.74) is 2.42. The average Bonchev–Trinajstić information content (AvgIpc) is 3.11. The van der Waals surface area contributed by atoms with E-state index in [9.17, 15) is 4.79 Å². The lowest BCUT2D eigenvalue weighted by Gasteiger charge is -2.39. The maximum atomic E-state index is 14.0. The maximum absolute atomic E-state index is 14.0. The molecule has 3 heterocycles. The molecule has 1 aliphatic carbocycles. The number of methoxy groups -OCH3 is 1. The average molecular weight is 452 g/mol. The van der Waals surface area contributed by atoms with Crippen LogP contribution in [0.2, 0.25) is 0 Å². The molecule has 0 bridgehead atoms. The number of benzene rings is 1. The van der Waals surface area contributed by atoms with Gasteiger partial charge in [-0.1, -0.05) is 32.9 Å². The second kappa shape index (κ2) is 8.80. The Hall–Kier alpha value is -2.31. The molecule has 3 aromatic rings. The number of aromatic nitrogens is 2. The molecule has 6 nitrogen and oxygen atoms in total. The Morgan fingerprint density at radius 3 is 2.64 bits per heavy atom. The topological polar surface area (TPSA) is 48.6 Å². The first-order valence-electron chi connectivity index (χ1n) is 12.4. The number of ether oxygens (including phenoxy) is 2. The highest BCUT2D eigenvalue weighted by Crippen LogP contribution is 2.43. The molecule has 33 heavy (non-hydrogen) atoms. The monoisotopic (exact) mass is 451 g/mol. The molecule has 2 aliphatic rings. The molecule has 0 amide bonds. The molecular formula is C27H37N3O3. The highest BCUT2D eigenvalue weighted by molar-refractivity contribution is 6.09. The van der Waals surface area contributed by atoms with Crippen LogP contribution in [0.15, 0.2) is 35.3 Å². The van der Waals surface area contributed by atoms with Gasteiger partial charge in [-0.3, -0.25) is 9.69 Å². The number of morpholine rings is 1. The number of pyridine rings is 1. The van der Waals surface area contributed by atoms with Gasteiger partial charge in [0.2, 0.25) is 0 Å². The summed E-state index contributed by atoms with van der Waals surface area (Å²) in [6.45, 7) is 12.2. The molecule has 5 rings (SSSR count). The van der Waals surface area contributed by atoms with Crippen molar-refractivity contribution < 1.29 is 9.47 Å². The number of hydrogen-bond donors (Lipinski definition) is 0. The van der Waals surface area contributed by atoms with Gasteiger partial charge in [0.05, 0.1) is 36.7 Å². The Morgan fingerprint density at radius 1 is 1.12 bits per heavy atom. The van der Waals surface area contributed by atoms with Crippen LogP contribution >= 0.6 is 0 Å². The first kappa shape index (κ1) is 22.5. The van der Waals surface area contributed by atoms with Crippen LogP contribution in [0.3, 0.4) is 0 Å². The van der Waals surface area contributed by atoms with Crippen molar-refractivity contribution >= 4 is 21.8 Å². The van der Waals surface area contributed by atoms with Crippen molar-refractivity contribution in [2.75, 3.05) is 40.0 Å². The minimum Gasteiger partial charge on any atom is -0.495 e. The van der Waals surface area contributed by atoms with Crippen LogP contribution < -0.4 is 10.3 Å². The predicted octanol–water partition coefficient (Wildman–Crippen LogP) is 4.68. The predicted molar refractivity (Wildman–Crippen MR) is 133 cm³/mol. The zero-order valence-corrected chi connectivity index (χ0v) is 20.5. The Morgan fingerprint density at radius 2 is 1.91 bits per heavy atom. The van der Waals surface area contributed by atoms with Crippen LogP contribution in [-0.4, -0.2) is 54.0 Å². The van der Waals surface area contributed by atoms with Crippen LogP contribution in [0, 0.1) is 11.3 Å². The summed E-state index contributed by atoms with van der Waals surface area (Å²) in [6, 6.07) is 8.47. The van der Waals surface area contributed by atoms with Gasteiger partial charge in [-0.05, 0) is 42.7 Å². The SMILES string of the molecule is COc1cccc2c3c(=O)n(C4CC(C)CC(C)(C)C4)ccc3n(CCN3CCOCC3)c12. The van der Waals surface area contributed by atoms with Crippen molar-refractivity contribution in [1.29, 1.82) is 0 Å². The van der Waals surface area contributed by atoms with Crippen LogP contribution in [-0.2, 0) is 11.3 Å². The third-order valence-electron chi connectivity index (χ3n) is 7.65. The van der Waals surface area contributed by atoms with Gasteiger partial charge in [-0.15, -0.1) is 0 Å². The van der Waals surface area contributed by atoms with Crippen LogP contribution in [0.5, 0.6) is 5.75 Å². The van der Waals surface area contributed by atoms with Gasteiger partial charge in [-0.25, -0.2) is 0 Å². The summed E-state index contributed by atoms with van der Waals surface area (Å²) >= 11 is 0. The molecule has 2 aromatic heterocycles. The van der Waals surface area contributed by atoms with Crippen molar-refractivity contribution in [3.8, 4) is 5.75 Å². The molecular weight excluding hydrogens is 414 g/mol. The molecule has 2 fully saturated rings. The van der Waals surface area contributed by atoms with E-state index in [-0.39, 0.29) is 17.0 Å². The molecule has 6 heteroatoms. The van der Waals surface area contributed by atoms with Gasteiger partial charge in [0, 0.05) is 43.8 Å². The van der Waals surface area contributed by atoms with Gasteiger partial charge in [0.25, 0.3) is 5.56 Å². The van der Waals surface area contributed by atoms with E-state index in [0.29, 0.717) is 5.92 Å². The summed E-state index contributed by atoms with van der Waals surface area (Å²) in [5.74, 6) is 1.44. The zero-order valence-electron chi connectivity index (χ0n) is 20.5. The van der Waals surface area contributed by atoms with E-state index in [1.807, 2.05) is 22.9 Å². The molecule has 0 N–H and O–H groups in total. The van der Waals surface area contributed by atoms with Crippen molar-refractivity contribution in [2.24, 2.45) is 11.3 Å². The number of nitrogens with zero attached hydrogens (tertiary/aromatic N) is 3. The molecule has 0 spiro atoms. The van der Waals surface area contributed by atoms with E-state index in [1.165, 1.54) is 6.42 Å². The lowest BCUT2D eigenvalue weighted by Crippen LogP contribution is -2.38. The molecule has 178 valence electrons. The molecule has 0 radical (unpaired) electrons. The first-order valence-corrected chi connectivity index (χ1v) is 12.4. The molecule has 1 saturated carbocycles. The summed E-state index contributed by atoms with van der Waals surface area (Å²) in [5, 5.41) is 1.82. The highest BCUT2D eigenvalue weighted by Gasteiger charge is 2.33. The van der Waals surface area contributed by atoms with Gasteiger partial charge < -0.3 is 18.6 Å². The van der Waals surface area contributed by atoms with Crippen molar-refractivity contribution in [2.45, 2.75) is 52.6 Å². The van der Waals surface area contributed by atoms with E-state index in [0.717, 1.165) is 79.8 Å². The van der Waals surface area contributed by atoms with E-state index >= 15 is 0 Å². The second-order valence-corrected chi connectivity index (χ2v) is 10.8. The minimum atomic E-state index is 0.130. The Balaban J connectivity index is 1.62. The zero-order chi connectivity index (χ0) is 23.2. The quantitative estimate of drug-likeness (QED) is 0.565. The van der Waals surface area contributed by atoms with E-state index in [1.54, 1.807) is 7.11 Å². The normalized spacial score (nSPS) is 23.9. The number of fused-ring (bicyclic) bond motifs is 3.